The Morgan fingerprint density at radius 3 is 2.23 bits per heavy atom. The van der Waals surface area contributed by atoms with Crippen LogP contribution in [0, 0.1) is 6.92 Å². The zero-order valence-electron chi connectivity index (χ0n) is 18.2. The fourth-order valence-electron chi connectivity index (χ4n) is 3.73. The lowest BCUT2D eigenvalue weighted by molar-refractivity contribution is -0.139. The molecule has 0 aliphatic carbocycles. The van der Waals surface area contributed by atoms with E-state index in [9.17, 15) is 14.4 Å². The fraction of sp³-hybridized carbons (Fsp3) is 0.480. The summed E-state index contributed by atoms with van der Waals surface area (Å²) in [4.78, 5) is 34.6. The van der Waals surface area contributed by atoms with Crippen LogP contribution in [0.2, 0.25) is 0 Å². The van der Waals surface area contributed by atoms with Gasteiger partial charge in [0, 0.05) is 25.8 Å². The number of unbranched alkanes of at least 4 members (excludes halogenated alkanes) is 3. The number of hydrogen-bond donors (Lipinski definition) is 1. The van der Waals surface area contributed by atoms with Crippen LogP contribution in [0.1, 0.15) is 69.4 Å². The number of rotatable bonds is 9. The Bertz CT molecular complexity index is 859. The fourth-order valence-corrected chi connectivity index (χ4v) is 3.73. The Kier molecular flexibility index (Phi) is 9.52. The van der Waals surface area contributed by atoms with Gasteiger partial charge < -0.3 is 5.11 Å². The molecule has 1 fully saturated rings. The smallest absolute Gasteiger partial charge is 0.303 e. The Labute approximate surface area is 179 Å². The molecule has 0 atom stereocenters. The summed E-state index contributed by atoms with van der Waals surface area (Å²) >= 11 is 0. The molecule has 0 unspecified atom stereocenters. The number of fused-ring (bicyclic) bond motifs is 1. The summed E-state index contributed by atoms with van der Waals surface area (Å²) in [7, 11) is 0. The normalized spacial score (nSPS) is 13.5. The van der Waals surface area contributed by atoms with Gasteiger partial charge in [0.05, 0.1) is 0 Å². The highest BCUT2D eigenvalue weighted by atomic mass is 16.4. The van der Waals surface area contributed by atoms with Crippen molar-refractivity contribution in [1.82, 2.24) is 4.90 Å². The molecule has 3 rings (SSSR count). The van der Waals surface area contributed by atoms with Gasteiger partial charge in [-0.1, -0.05) is 62.6 Å². The number of carboxylic acid groups (broad SMARTS) is 1. The number of hydrogen-bond acceptors (Lipinski definition) is 3. The minimum Gasteiger partial charge on any atom is -0.481 e. The largest absolute Gasteiger partial charge is 0.481 e. The number of carboxylic acids is 1. The first-order valence-corrected chi connectivity index (χ1v) is 11.0. The highest BCUT2D eigenvalue weighted by Gasteiger charge is 2.27. The molecule has 5 heteroatoms. The third-order valence-corrected chi connectivity index (χ3v) is 5.46. The number of carbonyl (C=O) groups excluding carboxylic acids is 2. The van der Waals surface area contributed by atoms with Gasteiger partial charge in [-0.15, -0.1) is 0 Å². The molecule has 0 bridgehead atoms. The zero-order valence-corrected chi connectivity index (χ0v) is 18.2. The van der Waals surface area contributed by atoms with Crippen molar-refractivity contribution in [1.29, 1.82) is 0 Å². The van der Waals surface area contributed by atoms with E-state index in [4.69, 9.17) is 5.11 Å². The molecule has 2 amide bonds. The Balaban J connectivity index is 0.000000303. The molecule has 0 aromatic heterocycles. The summed E-state index contributed by atoms with van der Waals surface area (Å²) in [5.74, 6) is -0.714. The first kappa shape index (κ1) is 23.6. The minimum absolute atomic E-state index is 0.0197. The SMILES string of the molecule is CCCCCCC(=O)O.Cc1ccc(CCCN2C(=O)CCC2=O)c2ccccc12. The molecule has 1 N–H and O–H groups in total. The van der Waals surface area contributed by atoms with Gasteiger partial charge in [-0.25, -0.2) is 0 Å². The Hall–Kier alpha value is -2.69. The van der Waals surface area contributed by atoms with Gasteiger partial charge in [0.1, 0.15) is 0 Å². The van der Waals surface area contributed by atoms with Gasteiger partial charge in [-0.2, -0.15) is 0 Å². The number of imide groups is 1. The van der Waals surface area contributed by atoms with Crippen molar-refractivity contribution in [2.24, 2.45) is 0 Å². The van der Waals surface area contributed by atoms with E-state index in [0.29, 0.717) is 25.8 Å². The summed E-state index contributed by atoms with van der Waals surface area (Å²) in [5.41, 5.74) is 2.56. The average molecular weight is 412 g/mol. The van der Waals surface area contributed by atoms with E-state index in [1.54, 1.807) is 0 Å². The Morgan fingerprint density at radius 1 is 0.933 bits per heavy atom. The van der Waals surface area contributed by atoms with Crippen LogP contribution in [0.4, 0.5) is 0 Å². The van der Waals surface area contributed by atoms with Crippen molar-refractivity contribution >= 4 is 28.6 Å². The number of aryl methyl sites for hydroxylation is 2. The molecule has 5 nitrogen and oxygen atoms in total. The maximum atomic E-state index is 11.6. The third-order valence-electron chi connectivity index (χ3n) is 5.46. The highest BCUT2D eigenvalue weighted by molar-refractivity contribution is 6.01. The van der Waals surface area contributed by atoms with Crippen molar-refractivity contribution in [2.45, 2.75) is 71.6 Å². The van der Waals surface area contributed by atoms with Crippen LogP contribution < -0.4 is 0 Å². The van der Waals surface area contributed by atoms with E-state index in [1.165, 1.54) is 33.2 Å². The topological polar surface area (TPSA) is 74.7 Å². The van der Waals surface area contributed by atoms with E-state index in [0.717, 1.165) is 32.1 Å². The second-order valence-electron chi connectivity index (χ2n) is 7.83. The van der Waals surface area contributed by atoms with Gasteiger partial charge in [0.25, 0.3) is 0 Å². The predicted octanol–water partition coefficient (Wildman–Crippen LogP) is 5.27. The summed E-state index contributed by atoms with van der Waals surface area (Å²) in [6.07, 6.45) is 7.03. The molecule has 2 aromatic carbocycles. The van der Waals surface area contributed by atoms with Crippen LogP contribution in [0.15, 0.2) is 36.4 Å². The van der Waals surface area contributed by atoms with Crippen LogP contribution >= 0.6 is 0 Å². The highest BCUT2D eigenvalue weighted by Crippen LogP contribution is 2.23. The lowest BCUT2D eigenvalue weighted by Gasteiger charge is -2.14. The summed E-state index contributed by atoms with van der Waals surface area (Å²) in [6, 6.07) is 12.7. The molecule has 0 radical (unpaired) electrons. The summed E-state index contributed by atoms with van der Waals surface area (Å²) < 4.78 is 0. The van der Waals surface area contributed by atoms with Crippen LogP contribution in [0.5, 0.6) is 0 Å². The lowest BCUT2D eigenvalue weighted by atomic mass is 9.97. The monoisotopic (exact) mass is 411 g/mol. The van der Waals surface area contributed by atoms with Gasteiger partial charge in [-0.05, 0) is 48.1 Å². The third kappa shape index (κ3) is 6.97. The van der Waals surface area contributed by atoms with Crippen LogP contribution in [0.25, 0.3) is 10.8 Å². The van der Waals surface area contributed by atoms with Gasteiger partial charge in [0.2, 0.25) is 11.8 Å². The predicted molar refractivity (Wildman–Crippen MR) is 119 cm³/mol. The molecule has 1 aliphatic rings. The van der Waals surface area contributed by atoms with Crippen molar-refractivity contribution in [2.75, 3.05) is 6.54 Å². The lowest BCUT2D eigenvalue weighted by Crippen LogP contribution is -2.30. The number of likely N-dealkylation sites (tertiary alicyclic amines) is 1. The molecular weight excluding hydrogens is 378 g/mol. The van der Waals surface area contributed by atoms with E-state index in [2.05, 4.69) is 50.2 Å². The number of nitrogens with zero attached hydrogens (tertiary/aromatic N) is 1. The number of carbonyl (C=O) groups is 3. The minimum atomic E-state index is -0.675. The van der Waals surface area contributed by atoms with Crippen LogP contribution in [-0.4, -0.2) is 34.3 Å². The van der Waals surface area contributed by atoms with E-state index >= 15 is 0 Å². The zero-order chi connectivity index (χ0) is 21.9. The standard InChI is InChI=1S/C18H19NO2.C7H14O2/c1-13-8-9-14(16-7-3-2-6-15(13)16)5-4-12-19-17(20)10-11-18(19)21;1-2-3-4-5-6-7(8)9/h2-3,6-9H,4-5,10-12H2,1H3;2-6H2,1H3,(H,8,9). The maximum absolute atomic E-state index is 11.6. The second-order valence-corrected chi connectivity index (χ2v) is 7.83. The van der Waals surface area contributed by atoms with Gasteiger partial charge in [0.15, 0.2) is 0 Å². The summed E-state index contributed by atoms with van der Waals surface area (Å²) in [6.45, 7) is 4.77. The molecule has 0 saturated carbocycles. The molecule has 162 valence electrons. The van der Waals surface area contributed by atoms with E-state index < -0.39 is 5.97 Å². The average Bonchev–Trinajstić information content (AvgIpc) is 3.05. The van der Waals surface area contributed by atoms with Crippen molar-refractivity contribution in [3.63, 3.8) is 0 Å². The number of amides is 2. The van der Waals surface area contributed by atoms with Crippen molar-refractivity contribution in [3.05, 3.63) is 47.5 Å². The van der Waals surface area contributed by atoms with Gasteiger partial charge in [-0.3, -0.25) is 19.3 Å². The molecule has 1 saturated heterocycles. The number of aliphatic carboxylic acids is 1. The van der Waals surface area contributed by atoms with Crippen molar-refractivity contribution < 1.29 is 19.5 Å². The van der Waals surface area contributed by atoms with E-state index in [-0.39, 0.29) is 11.8 Å². The quantitative estimate of drug-likeness (QED) is 0.450. The Morgan fingerprint density at radius 2 is 1.60 bits per heavy atom. The van der Waals surface area contributed by atoms with E-state index in [1.807, 2.05) is 0 Å². The second kappa shape index (κ2) is 12.1. The molecule has 1 aliphatic heterocycles. The molecule has 30 heavy (non-hydrogen) atoms. The first-order valence-electron chi connectivity index (χ1n) is 11.0. The number of benzene rings is 2. The summed E-state index contributed by atoms with van der Waals surface area (Å²) in [5, 5.41) is 10.8. The van der Waals surface area contributed by atoms with Crippen LogP contribution in [-0.2, 0) is 20.8 Å². The molecular formula is C25H33NO4. The first-order chi connectivity index (χ1) is 14.4. The molecule has 1 heterocycles. The van der Waals surface area contributed by atoms with Crippen molar-refractivity contribution in [3.8, 4) is 0 Å². The van der Waals surface area contributed by atoms with Crippen LogP contribution in [0.3, 0.4) is 0 Å². The maximum Gasteiger partial charge on any atom is 0.303 e. The molecule has 2 aromatic rings. The molecule has 0 spiro atoms. The van der Waals surface area contributed by atoms with Gasteiger partial charge >= 0.3 is 5.97 Å².